The van der Waals surface area contributed by atoms with E-state index < -0.39 is 60.9 Å². The van der Waals surface area contributed by atoms with Crippen molar-refractivity contribution in [1.82, 2.24) is 0 Å². The summed E-state index contributed by atoms with van der Waals surface area (Å²) in [4.78, 5) is 0. The van der Waals surface area contributed by atoms with E-state index in [0.717, 1.165) is 0 Å². The molecular formula is C14H44O6Si7. The lowest BCUT2D eigenvalue weighted by Crippen LogP contribution is -2.58. The van der Waals surface area contributed by atoms with Crippen molar-refractivity contribution in [2.45, 2.75) is 91.7 Å². The summed E-state index contributed by atoms with van der Waals surface area (Å²) in [5.41, 5.74) is 0. The first-order valence-electron chi connectivity index (χ1n) is 9.62. The zero-order valence-corrected chi connectivity index (χ0v) is 27.6. The second kappa shape index (κ2) is 9.61. The van der Waals surface area contributed by atoms with Gasteiger partial charge in [0.05, 0.1) is 0 Å². The summed E-state index contributed by atoms with van der Waals surface area (Å²) < 4.78 is 38.2. The first-order valence-corrected chi connectivity index (χ1v) is 28.9. The predicted octanol–water partition coefficient (Wildman–Crippen LogP) is 4.56. The van der Waals surface area contributed by atoms with Gasteiger partial charge in [-0.15, -0.1) is 0 Å². The van der Waals surface area contributed by atoms with E-state index in [9.17, 15) is 0 Å². The minimum atomic E-state index is -2.74. The van der Waals surface area contributed by atoms with Gasteiger partial charge >= 0.3 is 17.6 Å². The molecule has 0 spiro atoms. The molecule has 0 saturated heterocycles. The first kappa shape index (κ1) is 28.3. The van der Waals surface area contributed by atoms with Crippen LogP contribution in [-0.4, -0.2) is 60.9 Å². The third-order valence-corrected chi connectivity index (χ3v) is 23.5. The Morgan fingerprint density at radius 1 is 0.370 bits per heavy atom. The van der Waals surface area contributed by atoms with Crippen LogP contribution in [0.5, 0.6) is 0 Å². The third-order valence-electron chi connectivity index (χ3n) is 2.61. The average Bonchev–Trinajstić information content (AvgIpc) is 2.14. The molecule has 0 saturated carbocycles. The first-order chi connectivity index (χ1) is 11.5. The third kappa shape index (κ3) is 15.7. The van der Waals surface area contributed by atoms with Crippen molar-refractivity contribution in [2.24, 2.45) is 0 Å². The maximum Gasteiger partial charge on any atom is 0.467 e. The van der Waals surface area contributed by atoms with Crippen molar-refractivity contribution in [1.29, 1.82) is 0 Å². The highest BCUT2D eigenvalue weighted by atomic mass is 28.5. The van der Waals surface area contributed by atoms with E-state index in [-0.39, 0.29) is 0 Å². The zero-order valence-electron chi connectivity index (χ0n) is 20.2. The molecule has 0 radical (unpaired) electrons. The lowest BCUT2D eigenvalue weighted by atomic mass is 11.8. The van der Waals surface area contributed by atoms with Gasteiger partial charge in [0.2, 0.25) is 0 Å². The highest BCUT2D eigenvalue weighted by Crippen LogP contribution is 2.24. The van der Waals surface area contributed by atoms with Crippen LogP contribution in [0.15, 0.2) is 0 Å². The molecule has 0 fully saturated rings. The Morgan fingerprint density at radius 2 is 0.556 bits per heavy atom. The number of hydrogen-bond acceptors (Lipinski definition) is 6. The van der Waals surface area contributed by atoms with Crippen LogP contribution in [0.1, 0.15) is 0 Å². The Kier molecular flexibility index (Phi) is 10.1. The topological polar surface area (TPSA) is 55.4 Å². The molecule has 0 aromatic heterocycles. The van der Waals surface area contributed by atoms with Crippen LogP contribution in [0.4, 0.5) is 0 Å². The Labute approximate surface area is 177 Å². The minimum absolute atomic E-state index is 1.36. The molecule has 0 bridgehead atoms. The summed E-state index contributed by atoms with van der Waals surface area (Å²) in [7, 11) is -14.1. The van der Waals surface area contributed by atoms with E-state index in [1.54, 1.807) is 0 Å². The van der Waals surface area contributed by atoms with Gasteiger partial charge in [-0.05, 0) is 78.6 Å². The smallest absolute Gasteiger partial charge is 0.417 e. The SMILES string of the molecule is C[Si](C)(C)O[Si](C)(O[SiH2]O[Si](C)(O[Si](C)(C)C)O[Si](C)(C)C)O[Si](C)(C)C. The lowest BCUT2D eigenvalue weighted by molar-refractivity contribution is 0.223. The fourth-order valence-corrected chi connectivity index (χ4v) is 27.1. The lowest BCUT2D eigenvalue weighted by Gasteiger charge is -2.40. The van der Waals surface area contributed by atoms with Crippen LogP contribution in [0.3, 0.4) is 0 Å². The van der Waals surface area contributed by atoms with Crippen molar-refractivity contribution >= 4 is 60.9 Å². The van der Waals surface area contributed by atoms with E-state index in [1.807, 2.05) is 13.1 Å². The molecule has 0 N–H and O–H groups in total. The summed E-state index contributed by atoms with van der Waals surface area (Å²) in [5.74, 6) is 0. The van der Waals surface area contributed by atoms with Crippen LogP contribution < -0.4 is 0 Å². The molecule has 0 rings (SSSR count). The van der Waals surface area contributed by atoms with Crippen LogP contribution in [-0.2, 0) is 24.7 Å². The van der Waals surface area contributed by atoms with Crippen molar-refractivity contribution in [3.8, 4) is 0 Å². The van der Waals surface area contributed by atoms with Crippen molar-refractivity contribution < 1.29 is 24.7 Å². The van der Waals surface area contributed by atoms with Gasteiger partial charge in [0.1, 0.15) is 0 Å². The Morgan fingerprint density at radius 3 is 0.704 bits per heavy atom. The van der Waals surface area contributed by atoms with Gasteiger partial charge < -0.3 is 24.7 Å². The van der Waals surface area contributed by atoms with Crippen LogP contribution in [0, 0.1) is 0 Å². The zero-order chi connectivity index (χ0) is 21.9. The summed E-state index contributed by atoms with van der Waals surface area (Å²) in [6.45, 7) is 30.0. The van der Waals surface area contributed by atoms with Gasteiger partial charge in [0.15, 0.2) is 33.3 Å². The van der Waals surface area contributed by atoms with Crippen molar-refractivity contribution in [3.63, 3.8) is 0 Å². The van der Waals surface area contributed by atoms with E-state index in [2.05, 4.69) is 78.6 Å². The summed E-state index contributed by atoms with van der Waals surface area (Å²) in [5, 5.41) is 0. The molecule has 6 nitrogen and oxygen atoms in total. The molecule has 164 valence electrons. The Balaban J connectivity index is 5.25. The molecule has 0 aromatic carbocycles. The van der Waals surface area contributed by atoms with Gasteiger partial charge in [-0.1, -0.05) is 0 Å². The van der Waals surface area contributed by atoms with Gasteiger partial charge in [0, 0.05) is 13.1 Å². The standard InChI is InChI=1S/C14H44O6Si7/c1-22(2,3)17-26(13,18-23(4,5)6)15-21-16-27(14,19-24(7,8)9)20-25(10,11)12/h21H2,1-14H3. The molecule has 0 aromatic rings. The monoisotopic (exact) mass is 504 g/mol. The second-order valence-corrected chi connectivity index (χ2v) is 37.1. The molecule has 0 amide bonds. The normalized spacial score (nSPS) is 15.3. The second-order valence-electron chi connectivity index (χ2n) is 11.0. The fourth-order valence-electron chi connectivity index (χ4n) is 2.63. The molecule has 0 aliphatic rings. The minimum Gasteiger partial charge on any atom is -0.417 e. The molecule has 0 aliphatic carbocycles. The molecule has 27 heavy (non-hydrogen) atoms. The quantitative estimate of drug-likeness (QED) is 0.363. The van der Waals surface area contributed by atoms with Crippen LogP contribution in [0.25, 0.3) is 0 Å². The maximum atomic E-state index is 6.39. The summed E-state index contributed by atoms with van der Waals surface area (Å²) in [6, 6.07) is 0. The fraction of sp³-hybridized carbons (Fsp3) is 1.00. The van der Waals surface area contributed by atoms with Crippen molar-refractivity contribution in [3.05, 3.63) is 0 Å². The van der Waals surface area contributed by atoms with Crippen LogP contribution in [0.2, 0.25) is 91.7 Å². The van der Waals surface area contributed by atoms with Crippen LogP contribution >= 0.6 is 0 Å². The molecule has 13 heteroatoms. The largest absolute Gasteiger partial charge is 0.467 e. The highest BCUT2D eigenvalue weighted by molar-refractivity contribution is 6.88. The highest BCUT2D eigenvalue weighted by Gasteiger charge is 2.46. The van der Waals surface area contributed by atoms with E-state index >= 15 is 0 Å². The van der Waals surface area contributed by atoms with Gasteiger partial charge in [0.25, 0.3) is 10.0 Å². The maximum absolute atomic E-state index is 6.39. The molecular weight excluding hydrogens is 461 g/mol. The Hall–Kier alpha value is 1.28. The van der Waals surface area contributed by atoms with E-state index in [0.29, 0.717) is 0 Å². The molecule has 0 atom stereocenters. The van der Waals surface area contributed by atoms with Gasteiger partial charge in [-0.25, -0.2) is 0 Å². The van der Waals surface area contributed by atoms with E-state index in [1.165, 1.54) is 0 Å². The molecule has 0 heterocycles. The predicted molar refractivity (Wildman–Crippen MR) is 132 cm³/mol. The number of rotatable bonds is 12. The van der Waals surface area contributed by atoms with Crippen molar-refractivity contribution in [2.75, 3.05) is 0 Å². The average molecular weight is 505 g/mol. The summed E-state index contributed by atoms with van der Waals surface area (Å²) in [6.07, 6.45) is 0. The Bertz CT molecular complexity index is 391. The summed E-state index contributed by atoms with van der Waals surface area (Å²) >= 11 is 0. The number of hydrogen-bond donors (Lipinski definition) is 0. The molecule has 0 unspecified atom stereocenters. The van der Waals surface area contributed by atoms with Gasteiger partial charge in [-0.2, -0.15) is 0 Å². The van der Waals surface area contributed by atoms with E-state index in [4.69, 9.17) is 24.7 Å². The van der Waals surface area contributed by atoms with Gasteiger partial charge in [-0.3, -0.25) is 0 Å². The molecule has 0 aliphatic heterocycles.